The first-order valence-electron chi connectivity index (χ1n) is 0.816. The average Bonchev–Trinajstić information content (AvgIpc) is 0.722. The van der Waals surface area contributed by atoms with Gasteiger partial charge in [-0.2, -0.15) is 0 Å². The van der Waals surface area contributed by atoms with Crippen LogP contribution in [-0.2, 0) is 38.5 Å². The Balaban J connectivity index is -0.0000000800. The first-order valence-corrected chi connectivity index (χ1v) is 2.45. The number of rotatable bonds is 0. The predicted molar refractivity (Wildman–Crippen MR) is 5.75 cm³/mol. The van der Waals surface area contributed by atoms with Crippen LogP contribution in [-0.4, -0.2) is 9.05 Å². The molecular weight excluding hydrogens is 199 g/mol. The molecule has 0 aromatic carbocycles. The molecule has 0 amide bonds. The van der Waals surface area contributed by atoms with Crippen molar-refractivity contribution in [2.45, 2.75) is 0 Å². The molecule has 7 heteroatoms. The molecule has 39 valence electrons. The van der Waals surface area contributed by atoms with Crippen LogP contribution in [0.4, 0.5) is 0 Å². The molecule has 0 aromatic rings. The van der Waals surface area contributed by atoms with Crippen molar-refractivity contribution in [2.75, 3.05) is 0 Å². The van der Waals surface area contributed by atoms with Crippen molar-refractivity contribution in [1.82, 2.24) is 0 Å². The summed E-state index contributed by atoms with van der Waals surface area (Å²) in [6.45, 7) is 0. The van der Waals surface area contributed by atoms with Crippen LogP contribution in [0.25, 0.3) is 0 Å². The molecule has 0 aliphatic rings. The quantitative estimate of drug-likeness (QED) is 0.364. The molecule has 0 saturated carbocycles. The van der Waals surface area contributed by atoms with E-state index < -0.39 is 9.05 Å². The Hall–Kier alpha value is 1.28. The van der Waals surface area contributed by atoms with Crippen molar-refractivity contribution in [3.05, 3.63) is 0 Å². The Morgan fingerprint density at radius 2 is 0.857 bits per heavy atom. The van der Waals surface area contributed by atoms with Crippen molar-refractivity contribution in [3.63, 3.8) is 0 Å². The van der Waals surface area contributed by atoms with Crippen LogP contribution in [0.1, 0.15) is 0 Å². The minimum Gasteiger partial charge on any atom is -0.894 e. The summed E-state index contributed by atoms with van der Waals surface area (Å²) in [7, 11) is -5.61. The summed E-state index contributed by atoms with van der Waals surface area (Å²) in [6, 6.07) is 0. The molecular formula is CoO4SiTi+2. The molecule has 0 saturated heterocycles. The predicted octanol–water partition coefficient (Wildman–Crippen LogP) is -5.14. The molecule has 0 heterocycles. The van der Waals surface area contributed by atoms with Gasteiger partial charge in [-0.25, -0.2) is 0 Å². The van der Waals surface area contributed by atoms with Crippen molar-refractivity contribution >= 4 is 9.05 Å². The monoisotopic (exact) mass is 199 g/mol. The first kappa shape index (κ1) is 15.7. The SMILES string of the molecule is [Co+2].[O-][Si]([O-])([O-])[O-].[Ti+4]. The maximum atomic E-state index is 8.58. The zero-order valence-electron chi connectivity index (χ0n) is 2.97. The molecule has 0 bridgehead atoms. The van der Waals surface area contributed by atoms with E-state index in [0.29, 0.717) is 0 Å². The van der Waals surface area contributed by atoms with E-state index in [0.717, 1.165) is 0 Å². The first-order chi connectivity index (χ1) is 2.00. The van der Waals surface area contributed by atoms with Crippen LogP contribution in [0.15, 0.2) is 0 Å². The third kappa shape index (κ3) is 124. The van der Waals surface area contributed by atoms with Gasteiger partial charge in [-0.1, -0.05) is 0 Å². The summed E-state index contributed by atoms with van der Waals surface area (Å²) in [5.74, 6) is 0. The third-order valence-corrected chi connectivity index (χ3v) is 0. The summed E-state index contributed by atoms with van der Waals surface area (Å²) < 4.78 is 0. The van der Waals surface area contributed by atoms with Crippen molar-refractivity contribution in [1.29, 1.82) is 0 Å². The zero-order chi connectivity index (χ0) is 4.50. The van der Waals surface area contributed by atoms with Crippen LogP contribution < -0.4 is 19.2 Å². The van der Waals surface area contributed by atoms with Gasteiger partial charge in [0.25, 0.3) is 0 Å². The Bertz CT molecular complexity index is 27.2. The van der Waals surface area contributed by atoms with Gasteiger partial charge in [0.05, 0.1) is 0 Å². The third-order valence-electron chi connectivity index (χ3n) is 0. The second-order valence-electron chi connectivity index (χ2n) is 0.500. The average molecular weight is 199 g/mol. The van der Waals surface area contributed by atoms with Gasteiger partial charge >= 0.3 is 38.5 Å². The number of hydrogen-bond donors (Lipinski definition) is 0. The Morgan fingerprint density at radius 3 is 0.857 bits per heavy atom. The van der Waals surface area contributed by atoms with Gasteiger partial charge in [0.15, 0.2) is 0 Å². The zero-order valence-corrected chi connectivity index (χ0v) is 6.57. The van der Waals surface area contributed by atoms with E-state index >= 15 is 0 Å². The summed E-state index contributed by atoms with van der Waals surface area (Å²) in [6.07, 6.45) is 0. The molecule has 0 aliphatic heterocycles. The van der Waals surface area contributed by atoms with E-state index in [4.69, 9.17) is 19.2 Å². The van der Waals surface area contributed by atoms with Gasteiger partial charge in [0, 0.05) is 0 Å². The molecule has 0 fully saturated rings. The van der Waals surface area contributed by atoms with Gasteiger partial charge in [-0.15, -0.1) is 0 Å². The van der Waals surface area contributed by atoms with E-state index in [-0.39, 0.29) is 38.5 Å². The molecule has 0 rings (SSSR count). The van der Waals surface area contributed by atoms with Gasteiger partial charge in [-0.05, 0) is 0 Å². The van der Waals surface area contributed by atoms with Crippen molar-refractivity contribution in [3.8, 4) is 0 Å². The fourth-order valence-electron chi connectivity index (χ4n) is 0. The van der Waals surface area contributed by atoms with Crippen LogP contribution in [0, 0.1) is 0 Å². The molecule has 0 N–H and O–H groups in total. The molecule has 0 unspecified atom stereocenters. The standard InChI is InChI=1S/Co.O4Si.Ti/c;1-5(2,3)4;/q+2;-4;+4. The van der Waals surface area contributed by atoms with Crippen molar-refractivity contribution in [2.24, 2.45) is 0 Å². The summed E-state index contributed by atoms with van der Waals surface area (Å²) >= 11 is 0. The van der Waals surface area contributed by atoms with Crippen LogP contribution >= 0.6 is 0 Å². The van der Waals surface area contributed by atoms with E-state index in [1.807, 2.05) is 0 Å². The van der Waals surface area contributed by atoms with Crippen LogP contribution in [0.5, 0.6) is 0 Å². The molecule has 4 nitrogen and oxygen atoms in total. The van der Waals surface area contributed by atoms with Gasteiger partial charge in [0.2, 0.25) is 0 Å². The molecule has 1 radical (unpaired) electrons. The van der Waals surface area contributed by atoms with Gasteiger partial charge < -0.3 is 28.2 Å². The van der Waals surface area contributed by atoms with E-state index in [1.165, 1.54) is 0 Å². The Labute approximate surface area is 66.8 Å². The molecule has 0 spiro atoms. The maximum Gasteiger partial charge on any atom is 4.00 e. The van der Waals surface area contributed by atoms with E-state index in [9.17, 15) is 0 Å². The van der Waals surface area contributed by atoms with Crippen molar-refractivity contribution < 1.29 is 57.7 Å². The Kier molecular flexibility index (Phi) is 12.2. The minimum absolute atomic E-state index is 0. The molecule has 7 heavy (non-hydrogen) atoms. The van der Waals surface area contributed by atoms with Gasteiger partial charge in [-0.3, -0.25) is 0 Å². The molecule has 0 atom stereocenters. The second-order valence-corrected chi connectivity index (χ2v) is 1.50. The topological polar surface area (TPSA) is 92.2 Å². The molecule has 0 aromatic heterocycles. The minimum atomic E-state index is -5.61. The normalized spacial score (nSPS) is 8.57. The summed E-state index contributed by atoms with van der Waals surface area (Å²) in [4.78, 5) is 34.3. The smallest absolute Gasteiger partial charge is 0.894 e. The number of hydrogen-bond acceptors (Lipinski definition) is 4. The van der Waals surface area contributed by atoms with Crippen LogP contribution in [0.3, 0.4) is 0 Å². The van der Waals surface area contributed by atoms with Crippen LogP contribution in [0.2, 0.25) is 0 Å². The molecule has 0 aliphatic carbocycles. The largest absolute Gasteiger partial charge is 4.00 e. The fourth-order valence-corrected chi connectivity index (χ4v) is 0. The Morgan fingerprint density at radius 1 is 0.857 bits per heavy atom. The van der Waals surface area contributed by atoms with E-state index in [2.05, 4.69) is 0 Å². The fraction of sp³-hybridized carbons (Fsp3) is 0. The maximum absolute atomic E-state index is 8.58. The van der Waals surface area contributed by atoms with Gasteiger partial charge in [0.1, 0.15) is 0 Å². The van der Waals surface area contributed by atoms with E-state index in [1.54, 1.807) is 0 Å². The second kappa shape index (κ2) is 5.42. The summed E-state index contributed by atoms with van der Waals surface area (Å²) in [5, 5.41) is 0. The summed E-state index contributed by atoms with van der Waals surface area (Å²) in [5.41, 5.74) is 0.